The van der Waals surface area contributed by atoms with Gasteiger partial charge in [-0.05, 0) is 32.0 Å². The predicted octanol–water partition coefficient (Wildman–Crippen LogP) is 0.991. The second-order valence-electron chi connectivity index (χ2n) is 3.97. The Hall–Kier alpha value is -1.42. The maximum atomic E-state index is 11.6. The molecule has 4 heteroatoms. The van der Waals surface area contributed by atoms with Crippen LogP contribution in [0.15, 0.2) is 18.2 Å². The van der Waals surface area contributed by atoms with E-state index in [0.29, 0.717) is 19.5 Å². The van der Waals surface area contributed by atoms with Gasteiger partial charge < -0.3 is 11.1 Å². The van der Waals surface area contributed by atoms with E-state index in [-0.39, 0.29) is 11.8 Å². The molecule has 0 spiro atoms. The summed E-state index contributed by atoms with van der Waals surface area (Å²) >= 11 is 0. The summed E-state index contributed by atoms with van der Waals surface area (Å²) in [5.74, 6) is 0.00330. The zero-order valence-corrected chi connectivity index (χ0v) is 9.86. The number of aryl methyl sites for hydroxylation is 1. The molecule has 1 heterocycles. The molecular weight excluding hydrogens is 202 g/mol. The summed E-state index contributed by atoms with van der Waals surface area (Å²) in [4.78, 5) is 15.9. The monoisotopic (exact) mass is 221 g/mol. The van der Waals surface area contributed by atoms with E-state index in [1.807, 2.05) is 32.0 Å². The molecule has 0 saturated heterocycles. The highest BCUT2D eigenvalue weighted by molar-refractivity contribution is 5.78. The molecule has 0 fully saturated rings. The number of rotatable bonds is 5. The highest BCUT2D eigenvalue weighted by atomic mass is 16.1. The highest BCUT2D eigenvalue weighted by Crippen LogP contribution is 2.01. The number of nitrogens with two attached hydrogens (primary N) is 1. The minimum Gasteiger partial charge on any atom is -0.350 e. The van der Waals surface area contributed by atoms with E-state index in [0.717, 1.165) is 11.4 Å². The Morgan fingerprint density at radius 2 is 2.31 bits per heavy atom. The Morgan fingerprint density at radius 1 is 1.56 bits per heavy atom. The lowest BCUT2D eigenvalue weighted by Crippen LogP contribution is -2.30. The number of aromatic nitrogens is 1. The fourth-order valence-corrected chi connectivity index (χ4v) is 1.43. The Labute approximate surface area is 96.3 Å². The fraction of sp³-hybridized carbons (Fsp3) is 0.500. The Bertz CT molecular complexity index is 352. The molecule has 1 aromatic heterocycles. The van der Waals surface area contributed by atoms with Crippen molar-refractivity contribution in [2.24, 2.45) is 11.7 Å². The Balaban J connectivity index is 2.42. The first-order valence-electron chi connectivity index (χ1n) is 5.53. The molecule has 4 nitrogen and oxygen atoms in total. The van der Waals surface area contributed by atoms with Crippen molar-refractivity contribution in [2.45, 2.75) is 26.8 Å². The van der Waals surface area contributed by atoms with Gasteiger partial charge in [-0.15, -0.1) is 0 Å². The van der Waals surface area contributed by atoms with Crippen molar-refractivity contribution in [1.29, 1.82) is 0 Å². The van der Waals surface area contributed by atoms with Crippen LogP contribution in [0.1, 0.15) is 24.7 Å². The summed E-state index contributed by atoms with van der Waals surface area (Å²) in [5.41, 5.74) is 7.24. The number of amides is 1. The van der Waals surface area contributed by atoms with Crippen molar-refractivity contribution < 1.29 is 4.79 Å². The molecule has 1 atom stereocenters. The third-order valence-corrected chi connectivity index (χ3v) is 2.44. The normalized spacial score (nSPS) is 12.2. The predicted molar refractivity (Wildman–Crippen MR) is 63.7 cm³/mol. The van der Waals surface area contributed by atoms with Crippen LogP contribution in [-0.2, 0) is 11.3 Å². The maximum Gasteiger partial charge on any atom is 0.223 e. The molecule has 0 aliphatic heterocycles. The minimum absolute atomic E-state index is 0.0326. The van der Waals surface area contributed by atoms with E-state index in [1.165, 1.54) is 0 Å². The quantitative estimate of drug-likeness (QED) is 0.779. The second kappa shape index (κ2) is 6.23. The number of carbonyl (C=O) groups is 1. The van der Waals surface area contributed by atoms with E-state index in [1.54, 1.807) is 0 Å². The zero-order valence-electron chi connectivity index (χ0n) is 9.86. The lowest BCUT2D eigenvalue weighted by Gasteiger charge is -2.10. The summed E-state index contributed by atoms with van der Waals surface area (Å²) in [5, 5.41) is 2.85. The lowest BCUT2D eigenvalue weighted by atomic mass is 10.1. The maximum absolute atomic E-state index is 11.6. The molecule has 16 heavy (non-hydrogen) atoms. The van der Waals surface area contributed by atoms with E-state index < -0.39 is 0 Å². The van der Waals surface area contributed by atoms with Gasteiger partial charge in [-0.1, -0.05) is 13.0 Å². The Kier molecular flexibility index (Phi) is 4.92. The van der Waals surface area contributed by atoms with E-state index in [9.17, 15) is 4.79 Å². The number of pyridine rings is 1. The van der Waals surface area contributed by atoms with Crippen LogP contribution in [-0.4, -0.2) is 17.4 Å². The van der Waals surface area contributed by atoms with E-state index in [4.69, 9.17) is 5.73 Å². The van der Waals surface area contributed by atoms with Gasteiger partial charge in [0.1, 0.15) is 0 Å². The summed E-state index contributed by atoms with van der Waals surface area (Å²) in [6, 6.07) is 5.77. The molecule has 0 saturated carbocycles. The third-order valence-electron chi connectivity index (χ3n) is 2.44. The Morgan fingerprint density at radius 3 is 2.94 bits per heavy atom. The van der Waals surface area contributed by atoms with Crippen molar-refractivity contribution in [2.75, 3.05) is 6.54 Å². The fourth-order valence-electron chi connectivity index (χ4n) is 1.43. The lowest BCUT2D eigenvalue weighted by molar-refractivity contribution is -0.124. The van der Waals surface area contributed by atoms with Crippen LogP contribution in [0.5, 0.6) is 0 Å². The van der Waals surface area contributed by atoms with Crippen LogP contribution in [0, 0.1) is 12.8 Å². The number of hydrogen-bond acceptors (Lipinski definition) is 3. The summed E-state index contributed by atoms with van der Waals surface area (Å²) in [6.07, 6.45) is 0.715. The standard InChI is InChI=1S/C12H19N3O/c1-9(6-7-13)12(16)14-8-11-5-3-4-10(2)15-11/h3-5,9H,6-8,13H2,1-2H3,(H,14,16). The van der Waals surface area contributed by atoms with Crippen molar-refractivity contribution in [3.05, 3.63) is 29.6 Å². The molecule has 3 N–H and O–H groups in total. The molecule has 1 amide bonds. The first-order chi connectivity index (χ1) is 7.63. The molecule has 0 aliphatic rings. The van der Waals surface area contributed by atoms with Gasteiger partial charge in [0.2, 0.25) is 5.91 Å². The number of hydrogen-bond donors (Lipinski definition) is 2. The van der Waals surface area contributed by atoms with Crippen molar-refractivity contribution in [3.63, 3.8) is 0 Å². The van der Waals surface area contributed by atoms with Crippen molar-refractivity contribution >= 4 is 5.91 Å². The number of carbonyl (C=O) groups excluding carboxylic acids is 1. The molecule has 0 radical (unpaired) electrons. The molecule has 0 aromatic carbocycles. The van der Waals surface area contributed by atoms with Crippen LogP contribution < -0.4 is 11.1 Å². The number of nitrogens with one attached hydrogen (secondary N) is 1. The largest absolute Gasteiger partial charge is 0.350 e. The summed E-state index contributed by atoms with van der Waals surface area (Å²) in [7, 11) is 0. The highest BCUT2D eigenvalue weighted by Gasteiger charge is 2.11. The molecular formula is C12H19N3O. The van der Waals surface area contributed by atoms with Crippen LogP contribution in [0.2, 0.25) is 0 Å². The average Bonchev–Trinajstić information content (AvgIpc) is 2.26. The van der Waals surface area contributed by atoms with E-state index >= 15 is 0 Å². The van der Waals surface area contributed by atoms with Crippen molar-refractivity contribution in [3.8, 4) is 0 Å². The van der Waals surface area contributed by atoms with Gasteiger partial charge in [0.05, 0.1) is 12.2 Å². The van der Waals surface area contributed by atoms with Crippen LogP contribution in [0.3, 0.4) is 0 Å². The zero-order chi connectivity index (χ0) is 12.0. The molecule has 0 aliphatic carbocycles. The van der Waals surface area contributed by atoms with Crippen molar-refractivity contribution in [1.82, 2.24) is 10.3 Å². The molecule has 1 rings (SSSR count). The van der Waals surface area contributed by atoms with Crippen LogP contribution in [0.25, 0.3) is 0 Å². The summed E-state index contributed by atoms with van der Waals surface area (Å²) < 4.78 is 0. The van der Waals surface area contributed by atoms with Gasteiger partial charge in [0, 0.05) is 11.6 Å². The van der Waals surface area contributed by atoms with Crippen LogP contribution >= 0.6 is 0 Å². The number of nitrogens with zero attached hydrogens (tertiary/aromatic N) is 1. The molecule has 0 bridgehead atoms. The molecule has 1 unspecified atom stereocenters. The van der Waals surface area contributed by atoms with Gasteiger partial charge in [0.15, 0.2) is 0 Å². The molecule has 1 aromatic rings. The topological polar surface area (TPSA) is 68.0 Å². The molecule has 88 valence electrons. The third kappa shape index (κ3) is 3.98. The van der Waals surface area contributed by atoms with Gasteiger partial charge in [-0.2, -0.15) is 0 Å². The van der Waals surface area contributed by atoms with E-state index in [2.05, 4.69) is 10.3 Å². The minimum atomic E-state index is -0.0326. The average molecular weight is 221 g/mol. The first-order valence-corrected chi connectivity index (χ1v) is 5.53. The van der Waals surface area contributed by atoms with Gasteiger partial charge in [-0.25, -0.2) is 0 Å². The van der Waals surface area contributed by atoms with Gasteiger partial charge in [0.25, 0.3) is 0 Å². The summed E-state index contributed by atoms with van der Waals surface area (Å²) in [6.45, 7) is 4.83. The van der Waals surface area contributed by atoms with Crippen LogP contribution in [0.4, 0.5) is 0 Å². The smallest absolute Gasteiger partial charge is 0.223 e. The first kappa shape index (κ1) is 12.6. The van der Waals surface area contributed by atoms with Gasteiger partial charge in [-0.3, -0.25) is 9.78 Å². The second-order valence-corrected chi connectivity index (χ2v) is 3.97. The SMILES string of the molecule is Cc1cccc(CNC(=O)C(C)CCN)n1. The van der Waals surface area contributed by atoms with Gasteiger partial charge >= 0.3 is 0 Å².